The third-order valence-electron chi connectivity index (χ3n) is 4.61. The van der Waals surface area contributed by atoms with Crippen LogP contribution in [-0.4, -0.2) is 55.2 Å². The van der Waals surface area contributed by atoms with Crippen molar-refractivity contribution in [3.63, 3.8) is 0 Å². The Morgan fingerprint density at radius 3 is 2.35 bits per heavy atom. The van der Waals surface area contributed by atoms with E-state index < -0.39 is 15.9 Å². The molecule has 0 saturated carbocycles. The van der Waals surface area contributed by atoms with Crippen LogP contribution in [0.2, 0.25) is 0 Å². The van der Waals surface area contributed by atoms with Gasteiger partial charge in [0.15, 0.2) is 4.80 Å². The number of alkyl halides is 2. The zero-order valence-electron chi connectivity index (χ0n) is 16.9. The molecule has 31 heavy (non-hydrogen) atoms. The van der Waals surface area contributed by atoms with Crippen molar-refractivity contribution in [2.24, 2.45) is 12.0 Å². The number of carbonyl (C=O) groups excluding carboxylic acids is 1. The van der Waals surface area contributed by atoms with E-state index in [1.807, 2.05) is 25.2 Å². The molecule has 1 aromatic heterocycles. The summed E-state index contributed by atoms with van der Waals surface area (Å²) in [5, 5.41) is 0. The Kier molecular flexibility index (Phi) is 7.77. The summed E-state index contributed by atoms with van der Waals surface area (Å²) in [7, 11) is -0.352. The van der Waals surface area contributed by atoms with Crippen LogP contribution in [-0.2, 0) is 17.1 Å². The van der Waals surface area contributed by atoms with Crippen LogP contribution in [0.5, 0.6) is 5.75 Å². The molecule has 166 valence electrons. The van der Waals surface area contributed by atoms with Crippen molar-refractivity contribution in [1.82, 2.24) is 8.87 Å². The minimum Gasteiger partial charge on any atom is -0.495 e. The van der Waals surface area contributed by atoms with E-state index in [1.165, 1.54) is 39.9 Å². The Balaban J connectivity index is 1.92. The molecule has 0 aliphatic rings. The number of carbonyl (C=O) groups is 1. The van der Waals surface area contributed by atoms with Gasteiger partial charge in [-0.2, -0.15) is 9.30 Å². The number of amides is 1. The summed E-state index contributed by atoms with van der Waals surface area (Å²) < 4.78 is 34.9. The number of para-hydroxylation sites is 1. The number of methoxy groups -OCH3 is 1. The third-order valence-corrected chi connectivity index (χ3v) is 7.96. The molecule has 1 heterocycles. The van der Waals surface area contributed by atoms with Gasteiger partial charge >= 0.3 is 0 Å². The van der Waals surface area contributed by atoms with Crippen LogP contribution in [0.4, 0.5) is 0 Å². The van der Waals surface area contributed by atoms with Crippen LogP contribution < -0.4 is 9.54 Å². The molecule has 0 saturated heterocycles. The lowest BCUT2D eigenvalue weighted by atomic mass is 10.2. The normalized spacial score (nSPS) is 12.6. The van der Waals surface area contributed by atoms with E-state index in [0.717, 1.165) is 10.2 Å². The number of thiazole rings is 1. The number of sulfonamides is 1. The molecule has 0 spiro atoms. The van der Waals surface area contributed by atoms with E-state index in [-0.39, 0.29) is 35.3 Å². The van der Waals surface area contributed by atoms with Crippen molar-refractivity contribution in [3.05, 3.63) is 52.8 Å². The number of aryl methyl sites for hydroxylation is 1. The topological polar surface area (TPSA) is 81.0 Å². The number of halogens is 2. The van der Waals surface area contributed by atoms with Gasteiger partial charge < -0.3 is 9.30 Å². The summed E-state index contributed by atoms with van der Waals surface area (Å²) in [6.07, 6.45) is 0. The number of fused-ring (bicyclic) bond motifs is 1. The van der Waals surface area contributed by atoms with E-state index in [2.05, 4.69) is 4.99 Å². The first-order valence-electron chi connectivity index (χ1n) is 9.27. The SMILES string of the molecule is COc1cccc2sc(=NC(=O)c3ccc(S(=O)(=O)N(CCCl)CCCl)cc3)n(C)c12. The molecule has 0 bridgehead atoms. The molecule has 3 rings (SSSR count). The lowest BCUT2D eigenvalue weighted by Gasteiger charge is -2.20. The number of rotatable bonds is 8. The van der Waals surface area contributed by atoms with E-state index in [9.17, 15) is 13.2 Å². The fourth-order valence-electron chi connectivity index (χ4n) is 3.05. The van der Waals surface area contributed by atoms with Crippen molar-refractivity contribution < 1.29 is 17.9 Å². The number of nitrogens with zero attached hydrogens (tertiary/aromatic N) is 3. The molecule has 0 N–H and O–H groups in total. The van der Waals surface area contributed by atoms with Crippen molar-refractivity contribution in [2.75, 3.05) is 32.0 Å². The summed E-state index contributed by atoms with van der Waals surface area (Å²) in [4.78, 5) is 17.5. The zero-order chi connectivity index (χ0) is 22.6. The molecule has 2 aromatic carbocycles. The number of hydrogen-bond acceptors (Lipinski definition) is 5. The number of benzene rings is 2. The highest BCUT2D eigenvalue weighted by Gasteiger charge is 2.23. The zero-order valence-corrected chi connectivity index (χ0v) is 20.1. The lowest BCUT2D eigenvalue weighted by Crippen LogP contribution is -2.34. The van der Waals surface area contributed by atoms with Crippen LogP contribution in [0.15, 0.2) is 52.4 Å². The first-order chi connectivity index (χ1) is 14.8. The molecular weight excluding hydrogens is 481 g/mol. The molecule has 0 unspecified atom stereocenters. The Bertz CT molecular complexity index is 1250. The van der Waals surface area contributed by atoms with E-state index >= 15 is 0 Å². The summed E-state index contributed by atoms with van der Waals surface area (Å²) in [5.74, 6) is 0.534. The fraction of sp³-hybridized carbons (Fsp3) is 0.300. The van der Waals surface area contributed by atoms with Crippen molar-refractivity contribution in [2.45, 2.75) is 4.90 Å². The van der Waals surface area contributed by atoms with Gasteiger partial charge in [-0.25, -0.2) is 8.42 Å². The van der Waals surface area contributed by atoms with Crippen molar-refractivity contribution in [1.29, 1.82) is 0 Å². The standard InChI is InChI=1S/C20H21Cl2N3O4S2/c1-24-18-16(29-2)4-3-5-17(18)30-20(24)23-19(26)14-6-8-15(9-7-14)31(27,28)25(12-10-21)13-11-22/h3-9H,10-13H2,1-2H3. The minimum atomic E-state index is -3.75. The first-order valence-corrected chi connectivity index (χ1v) is 12.6. The van der Waals surface area contributed by atoms with Gasteiger partial charge in [0.1, 0.15) is 11.3 Å². The van der Waals surface area contributed by atoms with Crippen molar-refractivity contribution >= 4 is 60.7 Å². The molecule has 0 atom stereocenters. The van der Waals surface area contributed by atoms with Crippen molar-refractivity contribution in [3.8, 4) is 5.75 Å². The number of hydrogen-bond donors (Lipinski definition) is 0. The highest BCUT2D eigenvalue weighted by Crippen LogP contribution is 2.26. The number of aromatic nitrogens is 1. The van der Waals surface area contributed by atoms with Crippen LogP contribution in [0.3, 0.4) is 0 Å². The number of ether oxygens (including phenoxy) is 1. The second-order valence-corrected chi connectivity index (χ2v) is 10.2. The maximum Gasteiger partial charge on any atom is 0.279 e. The second-order valence-electron chi connectivity index (χ2n) is 6.47. The average Bonchev–Trinajstić information content (AvgIpc) is 3.09. The maximum atomic E-state index is 12.8. The largest absolute Gasteiger partial charge is 0.495 e. The fourth-order valence-corrected chi connectivity index (χ4v) is 6.14. The molecule has 0 radical (unpaired) electrons. The Morgan fingerprint density at radius 2 is 1.77 bits per heavy atom. The highest BCUT2D eigenvalue weighted by molar-refractivity contribution is 7.89. The van der Waals surface area contributed by atoms with Gasteiger partial charge in [-0.05, 0) is 36.4 Å². The minimum absolute atomic E-state index is 0.0661. The Labute approximate surface area is 194 Å². The molecule has 0 aliphatic heterocycles. The molecular formula is C20H21Cl2N3O4S2. The quantitative estimate of drug-likeness (QED) is 0.442. The van der Waals surface area contributed by atoms with E-state index in [0.29, 0.717) is 10.6 Å². The predicted molar refractivity (Wildman–Crippen MR) is 124 cm³/mol. The van der Waals surface area contributed by atoms with Crippen LogP contribution in [0.25, 0.3) is 10.2 Å². The third kappa shape index (κ3) is 4.96. The van der Waals surface area contributed by atoms with Crippen LogP contribution in [0, 0.1) is 0 Å². The highest BCUT2D eigenvalue weighted by atomic mass is 35.5. The summed E-state index contributed by atoms with van der Waals surface area (Å²) in [5.41, 5.74) is 1.13. The summed E-state index contributed by atoms with van der Waals surface area (Å²) in [6, 6.07) is 11.3. The smallest absolute Gasteiger partial charge is 0.279 e. The van der Waals surface area contributed by atoms with Gasteiger partial charge in [-0.3, -0.25) is 4.79 Å². The Morgan fingerprint density at radius 1 is 1.13 bits per heavy atom. The van der Waals surface area contributed by atoms with Gasteiger partial charge in [0, 0.05) is 37.5 Å². The van der Waals surface area contributed by atoms with Crippen LogP contribution >= 0.6 is 34.5 Å². The van der Waals surface area contributed by atoms with Gasteiger partial charge in [0.25, 0.3) is 5.91 Å². The summed E-state index contributed by atoms with van der Waals surface area (Å²) in [6.45, 7) is 0.303. The van der Waals surface area contributed by atoms with Gasteiger partial charge in [0.2, 0.25) is 10.0 Å². The second kappa shape index (κ2) is 10.1. The Hall–Kier alpha value is -1.91. The first kappa shape index (κ1) is 23.7. The molecule has 3 aromatic rings. The molecule has 0 fully saturated rings. The van der Waals surface area contributed by atoms with Crippen LogP contribution in [0.1, 0.15) is 10.4 Å². The van der Waals surface area contributed by atoms with E-state index in [4.69, 9.17) is 27.9 Å². The molecule has 1 amide bonds. The average molecular weight is 502 g/mol. The molecule has 0 aliphatic carbocycles. The molecule has 7 nitrogen and oxygen atoms in total. The van der Waals surface area contributed by atoms with Gasteiger partial charge in [0.05, 0.1) is 16.7 Å². The lowest BCUT2D eigenvalue weighted by molar-refractivity contribution is 0.0998. The predicted octanol–water partition coefficient (Wildman–Crippen LogP) is 3.46. The summed E-state index contributed by atoms with van der Waals surface area (Å²) >= 11 is 12.8. The monoisotopic (exact) mass is 501 g/mol. The van der Waals surface area contributed by atoms with Gasteiger partial charge in [-0.1, -0.05) is 17.4 Å². The van der Waals surface area contributed by atoms with Gasteiger partial charge in [-0.15, -0.1) is 23.2 Å². The van der Waals surface area contributed by atoms with E-state index in [1.54, 1.807) is 11.7 Å². The molecule has 11 heteroatoms. The maximum absolute atomic E-state index is 12.8.